The summed E-state index contributed by atoms with van der Waals surface area (Å²) in [5.41, 5.74) is -1.11. The molecule has 1 amide bonds. The van der Waals surface area contributed by atoms with Crippen molar-refractivity contribution in [1.29, 1.82) is 0 Å². The number of piperidine rings is 2. The van der Waals surface area contributed by atoms with E-state index < -0.39 is 24.0 Å². The molecule has 2 saturated heterocycles. The number of carbonyl (C=O) groups excluding carboxylic acids is 1. The van der Waals surface area contributed by atoms with Gasteiger partial charge in [0.2, 0.25) is 0 Å². The lowest BCUT2D eigenvalue weighted by Crippen LogP contribution is -2.59. The van der Waals surface area contributed by atoms with Crippen LogP contribution in [0.4, 0.5) is 18.0 Å². The van der Waals surface area contributed by atoms with Crippen molar-refractivity contribution in [2.75, 3.05) is 6.61 Å². The Hall–Kier alpha value is -1.96. The number of amides is 1. The summed E-state index contributed by atoms with van der Waals surface area (Å²) in [6, 6.07) is 5.81. The summed E-state index contributed by atoms with van der Waals surface area (Å²) in [5.74, 6) is 0.0982. The van der Waals surface area contributed by atoms with Gasteiger partial charge in [0.15, 0.2) is 6.61 Å². The van der Waals surface area contributed by atoms with Crippen LogP contribution in [0, 0.1) is 0 Å². The fourth-order valence-corrected chi connectivity index (χ4v) is 4.30. The van der Waals surface area contributed by atoms with E-state index in [2.05, 4.69) is 0 Å². The van der Waals surface area contributed by atoms with E-state index in [1.807, 2.05) is 20.8 Å². The molecule has 8 heteroatoms. The van der Waals surface area contributed by atoms with Crippen LogP contribution in [-0.4, -0.2) is 46.6 Å². The Morgan fingerprint density at radius 3 is 2.17 bits per heavy atom. The van der Waals surface area contributed by atoms with Crippen LogP contribution >= 0.6 is 0 Å². The van der Waals surface area contributed by atoms with Crippen LogP contribution in [0.25, 0.3) is 0 Å². The van der Waals surface area contributed by atoms with Gasteiger partial charge in [0, 0.05) is 24.9 Å². The maximum Gasteiger partial charge on any atom is 0.422 e. The number of alkyl halides is 3. The summed E-state index contributed by atoms with van der Waals surface area (Å²) in [5, 5.41) is 11.3. The average Bonchev–Trinajstić information content (AvgIpc) is 2.57. The SMILES string of the molecule is CC(C)(C)OC(=O)N1C2CCCC1CC(O)(c1ccc(OCC(F)(F)F)cc1)C2. The maximum atomic E-state index is 12.7. The molecule has 2 bridgehead atoms. The molecule has 5 nitrogen and oxygen atoms in total. The van der Waals surface area contributed by atoms with E-state index in [9.17, 15) is 23.1 Å². The zero-order chi connectivity index (χ0) is 21.4. The number of aliphatic hydroxyl groups is 1. The van der Waals surface area contributed by atoms with E-state index in [1.165, 1.54) is 12.1 Å². The smallest absolute Gasteiger partial charge is 0.422 e. The van der Waals surface area contributed by atoms with Crippen LogP contribution in [-0.2, 0) is 10.3 Å². The Bertz CT molecular complexity index is 713. The molecule has 2 fully saturated rings. The first kappa shape index (κ1) is 21.7. The first-order chi connectivity index (χ1) is 13.4. The Morgan fingerprint density at radius 1 is 1.14 bits per heavy atom. The van der Waals surface area contributed by atoms with E-state index in [0.717, 1.165) is 19.3 Å². The molecule has 1 N–H and O–H groups in total. The first-order valence-electron chi connectivity index (χ1n) is 9.90. The largest absolute Gasteiger partial charge is 0.484 e. The highest BCUT2D eigenvalue weighted by atomic mass is 19.4. The number of nitrogens with zero attached hydrogens (tertiary/aromatic N) is 1. The van der Waals surface area contributed by atoms with Crippen molar-refractivity contribution in [3.05, 3.63) is 29.8 Å². The molecular formula is C21H28F3NO4. The lowest BCUT2D eigenvalue weighted by atomic mass is 9.72. The van der Waals surface area contributed by atoms with Crippen LogP contribution in [0.2, 0.25) is 0 Å². The zero-order valence-corrected chi connectivity index (χ0v) is 17.0. The number of fused-ring (bicyclic) bond motifs is 2. The van der Waals surface area contributed by atoms with Gasteiger partial charge in [-0.2, -0.15) is 13.2 Å². The molecule has 1 aromatic carbocycles. The minimum atomic E-state index is -4.40. The molecule has 0 saturated carbocycles. The predicted octanol–water partition coefficient (Wildman–Crippen LogP) is 4.77. The number of benzene rings is 1. The third-order valence-corrected chi connectivity index (χ3v) is 5.41. The van der Waals surface area contributed by atoms with Gasteiger partial charge >= 0.3 is 12.3 Å². The topological polar surface area (TPSA) is 59.0 Å². The molecule has 0 radical (unpaired) electrons. The Balaban J connectivity index is 1.73. The second-order valence-electron chi connectivity index (χ2n) is 8.99. The molecule has 2 aliphatic rings. The monoisotopic (exact) mass is 415 g/mol. The van der Waals surface area contributed by atoms with Gasteiger partial charge in [0.05, 0.1) is 5.60 Å². The Labute approximate surface area is 168 Å². The van der Waals surface area contributed by atoms with Gasteiger partial charge in [-0.3, -0.25) is 0 Å². The van der Waals surface area contributed by atoms with E-state index in [4.69, 9.17) is 9.47 Å². The third-order valence-electron chi connectivity index (χ3n) is 5.41. The van der Waals surface area contributed by atoms with Crippen molar-refractivity contribution in [1.82, 2.24) is 4.90 Å². The van der Waals surface area contributed by atoms with Crippen LogP contribution in [0.3, 0.4) is 0 Å². The summed E-state index contributed by atoms with van der Waals surface area (Å²) in [4.78, 5) is 14.5. The fourth-order valence-electron chi connectivity index (χ4n) is 4.30. The maximum absolute atomic E-state index is 12.7. The lowest BCUT2D eigenvalue weighted by Gasteiger charge is -2.51. The highest BCUT2D eigenvalue weighted by Crippen LogP contribution is 2.45. The summed E-state index contributed by atoms with van der Waals surface area (Å²) in [6.45, 7) is 4.11. The van der Waals surface area contributed by atoms with Crippen molar-refractivity contribution in [2.24, 2.45) is 0 Å². The fraction of sp³-hybridized carbons (Fsp3) is 0.667. The van der Waals surface area contributed by atoms with Gasteiger partial charge in [-0.15, -0.1) is 0 Å². The third kappa shape index (κ3) is 5.35. The molecule has 2 unspecified atom stereocenters. The predicted molar refractivity (Wildman–Crippen MR) is 101 cm³/mol. The van der Waals surface area contributed by atoms with Gasteiger partial charge in [0.1, 0.15) is 11.4 Å². The average molecular weight is 415 g/mol. The lowest BCUT2D eigenvalue weighted by molar-refractivity contribution is -0.153. The van der Waals surface area contributed by atoms with E-state index in [1.54, 1.807) is 17.0 Å². The number of hydrogen-bond donors (Lipinski definition) is 1. The van der Waals surface area contributed by atoms with E-state index >= 15 is 0 Å². The Kier molecular flexibility index (Phi) is 5.77. The number of ether oxygens (including phenoxy) is 2. The second kappa shape index (κ2) is 7.70. The molecule has 0 aliphatic carbocycles. The minimum Gasteiger partial charge on any atom is -0.484 e. The molecule has 2 atom stereocenters. The van der Waals surface area contributed by atoms with E-state index in [-0.39, 0.29) is 23.9 Å². The number of hydrogen-bond acceptors (Lipinski definition) is 4. The normalized spacial score (nSPS) is 27.5. The Morgan fingerprint density at radius 2 is 1.69 bits per heavy atom. The summed E-state index contributed by atoms with van der Waals surface area (Å²) < 4.78 is 47.2. The summed E-state index contributed by atoms with van der Waals surface area (Å²) in [6.07, 6.45) is -1.48. The van der Waals surface area contributed by atoms with Crippen molar-refractivity contribution in [3.63, 3.8) is 0 Å². The van der Waals surface area contributed by atoms with Crippen molar-refractivity contribution >= 4 is 6.09 Å². The quantitative estimate of drug-likeness (QED) is 0.773. The molecule has 2 heterocycles. The molecular weight excluding hydrogens is 387 g/mol. The molecule has 29 heavy (non-hydrogen) atoms. The molecule has 162 valence electrons. The van der Waals surface area contributed by atoms with Gasteiger partial charge in [-0.1, -0.05) is 12.1 Å². The van der Waals surface area contributed by atoms with Gasteiger partial charge in [-0.25, -0.2) is 4.79 Å². The number of carbonyl (C=O) groups is 1. The molecule has 1 aromatic rings. The van der Waals surface area contributed by atoms with Crippen LogP contribution in [0.1, 0.15) is 58.4 Å². The minimum absolute atomic E-state index is 0.0982. The highest BCUT2D eigenvalue weighted by molar-refractivity contribution is 5.69. The number of rotatable bonds is 3. The first-order valence-corrected chi connectivity index (χ1v) is 9.90. The van der Waals surface area contributed by atoms with Gasteiger partial charge in [0.25, 0.3) is 0 Å². The molecule has 0 spiro atoms. The van der Waals surface area contributed by atoms with Crippen molar-refractivity contribution in [2.45, 2.75) is 82.3 Å². The van der Waals surface area contributed by atoms with Crippen LogP contribution < -0.4 is 4.74 Å². The summed E-state index contributed by atoms with van der Waals surface area (Å²) in [7, 11) is 0. The molecule has 3 rings (SSSR count). The van der Waals surface area contributed by atoms with Crippen molar-refractivity contribution in [3.8, 4) is 5.75 Å². The summed E-state index contributed by atoms with van der Waals surface area (Å²) >= 11 is 0. The highest BCUT2D eigenvalue weighted by Gasteiger charge is 2.49. The number of halogens is 3. The van der Waals surface area contributed by atoms with Gasteiger partial charge < -0.3 is 19.5 Å². The molecule has 2 aliphatic heterocycles. The van der Waals surface area contributed by atoms with Gasteiger partial charge in [-0.05, 0) is 57.7 Å². The second-order valence-corrected chi connectivity index (χ2v) is 8.99. The zero-order valence-electron chi connectivity index (χ0n) is 17.0. The standard InChI is InChI=1S/C21H28F3NO4/c1-19(2,3)29-18(26)25-15-5-4-6-16(25)12-20(27,11-15)14-7-9-17(10-8-14)28-13-21(22,23)24/h7-10,15-16,27H,4-6,11-13H2,1-3H3. The van der Waals surface area contributed by atoms with E-state index in [0.29, 0.717) is 18.4 Å². The van der Waals surface area contributed by atoms with Crippen molar-refractivity contribution < 1.29 is 32.5 Å². The molecule has 0 aromatic heterocycles. The van der Waals surface area contributed by atoms with Crippen LogP contribution in [0.15, 0.2) is 24.3 Å². The van der Waals surface area contributed by atoms with Crippen LogP contribution in [0.5, 0.6) is 5.75 Å².